The molecule has 0 N–H and O–H groups in total. The minimum absolute atomic E-state index is 0.0442. The number of hydrogen-bond acceptors (Lipinski definition) is 4. The van der Waals surface area contributed by atoms with E-state index in [2.05, 4.69) is 26.0 Å². The number of carbonyl (C=O) groups excluding carboxylic acids is 2. The summed E-state index contributed by atoms with van der Waals surface area (Å²) >= 11 is 0. The average Bonchev–Trinajstić information content (AvgIpc) is 3.16. The number of hydrogen-bond donors (Lipinski definition) is 0. The summed E-state index contributed by atoms with van der Waals surface area (Å²) in [5.74, 6) is 0.209. The van der Waals surface area contributed by atoms with E-state index in [0.717, 1.165) is 6.42 Å². The molecule has 1 aromatic rings. The molecule has 3 rings (SSSR count). The Morgan fingerprint density at radius 1 is 1.30 bits per heavy atom. The van der Waals surface area contributed by atoms with Crippen molar-refractivity contribution in [3.8, 4) is 0 Å². The van der Waals surface area contributed by atoms with E-state index < -0.39 is 0 Å². The highest BCUT2D eigenvalue weighted by atomic mass is 16.6. The summed E-state index contributed by atoms with van der Waals surface area (Å²) in [5, 5.41) is 0. The maximum Gasteiger partial charge on any atom is 0.338 e. The minimum Gasteiger partial charge on any atom is -0.462 e. The van der Waals surface area contributed by atoms with Crippen LogP contribution in [-0.4, -0.2) is 24.1 Å². The Hall–Kier alpha value is -2.10. The Balaban J connectivity index is 1.66. The van der Waals surface area contributed by atoms with Crippen LogP contribution in [0, 0.1) is 17.8 Å². The van der Waals surface area contributed by atoms with Gasteiger partial charge in [0.15, 0.2) is 0 Å². The molecular formula is C23H30O4. The zero-order chi connectivity index (χ0) is 19.2. The molecule has 0 bridgehead atoms. The normalized spacial score (nSPS) is 28.1. The Kier molecular flexibility index (Phi) is 6.70. The van der Waals surface area contributed by atoms with Crippen molar-refractivity contribution in [2.24, 2.45) is 17.8 Å². The SMILES string of the molecule is CCCCCC(C)/C=C/[C@@H]1[C@H]2CC(=O)O[C@H]2C[C@H]1OC(=O)c1ccccc1. The lowest BCUT2D eigenvalue weighted by Gasteiger charge is -2.20. The van der Waals surface area contributed by atoms with Crippen molar-refractivity contribution in [2.75, 3.05) is 0 Å². The van der Waals surface area contributed by atoms with Gasteiger partial charge in [0, 0.05) is 18.3 Å². The number of carbonyl (C=O) groups is 2. The minimum atomic E-state index is -0.304. The zero-order valence-electron chi connectivity index (χ0n) is 16.3. The summed E-state index contributed by atoms with van der Waals surface area (Å²) in [6.45, 7) is 4.43. The van der Waals surface area contributed by atoms with Gasteiger partial charge >= 0.3 is 11.9 Å². The Labute approximate surface area is 161 Å². The molecule has 1 aliphatic carbocycles. The van der Waals surface area contributed by atoms with Crippen LogP contribution in [0.5, 0.6) is 0 Å². The summed E-state index contributed by atoms with van der Waals surface area (Å²) in [6, 6.07) is 9.06. The van der Waals surface area contributed by atoms with Crippen LogP contribution in [0.4, 0.5) is 0 Å². The average molecular weight is 370 g/mol. The van der Waals surface area contributed by atoms with E-state index in [1.807, 2.05) is 18.2 Å². The van der Waals surface area contributed by atoms with E-state index >= 15 is 0 Å². The lowest BCUT2D eigenvalue weighted by atomic mass is 9.90. The molecule has 1 saturated carbocycles. The lowest BCUT2D eigenvalue weighted by Crippen LogP contribution is -2.24. The van der Waals surface area contributed by atoms with Gasteiger partial charge in [-0.3, -0.25) is 4.79 Å². The van der Waals surface area contributed by atoms with Crippen LogP contribution in [0.15, 0.2) is 42.5 Å². The number of unbranched alkanes of at least 4 members (excludes halogenated alkanes) is 2. The van der Waals surface area contributed by atoms with Crippen LogP contribution < -0.4 is 0 Å². The molecule has 1 saturated heterocycles. The number of rotatable bonds is 8. The summed E-state index contributed by atoms with van der Waals surface area (Å²) in [4.78, 5) is 24.2. The third kappa shape index (κ3) is 5.00. The first kappa shape index (κ1) is 19.7. The van der Waals surface area contributed by atoms with Crippen molar-refractivity contribution in [1.29, 1.82) is 0 Å². The molecule has 2 fully saturated rings. The van der Waals surface area contributed by atoms with Crippen LogP contribution in [0.25, 0.3) is 0 Å². The van der Waals surface area contributed by atoms with E-state index in [1.165, 1.54) is 19.3 Å². The lowest BCUT2D eigenvalue weighted by molar-refractivity contribution is -0.141. The van der Waals surface area contributed by atoms with E-state index in [1.54, 1.807) is 12.1 Å². The molecule has 146 valence electrons. The highest BCUT2D eigenvalue weighted by Crippen LogP contribution is 2.43. The smallest absolute Gasteiger partial charge is 0.338 e. The molecule has 5 atom stereocenters. The number of esters is 2. The molecule has 1 unspecified atom stereocenters. The topological polar surface area (TPSA) is 52.6 Å². The van der Waals surface area contributed by atoms with Gasteiger partial charge in [-0.1, -0.05) is 63.5 Å². The maximum absolute atomic E-state index is 12.5. The van der Waals surface area contributed by atoms with Crippen molar-refractivity contribution in [1.82, 2.24) is 0 Å². The zero-order valence-corrected chi connectivity index (χ0v) is 16.3. The number of benzene rings is 1. The molecule has 0 amide bonds. The predicted octanol–water partition coefficient (Wildman–Crippen LogP) is 4.94. The molecule has 4 nitrogen and oxygen atoms in total. The molecule has 0 radical (unpaired) electrons. The van der Waals surface area contributed by atoms with Gasteiger partial charge in [0.05, 0.1) is 12.0 Å². The molecular weight excluding hydrogens is 340 g/mol. The monoisotopic (exact) mass is 370 g/mol. The fourth-order valence-electron chi connectivity index (χ4n) is 4.20. The second-order valence-electron chi connectivity index (χ2n) is 7.88. The van der Waals surface area contributed by atoms with Crippen LogP contribution in [0.3, 0.4) is 0 Å². The molecule has 1 aliphatic heterocycles. The van der Waals surface area contributed by atoms with Crippen molar-refractivity contribution >= 4 is 11.9 Å². The maximum atomic E-state index is 12.5. The summed E-state index contributed by atoms with van der Waals surface area (Å²) in [6.07, 6.45) is 9.92. The Morgan fingerprint density at radius 3 is 2.81 bits per heavy atom. The van der Waals surface area contributed by atoms with Gasteiger partial charge < -0.3 is 9.47 Å². The molecule has 1 aromatic carbocycles. The van der Waals surface area contributed by atoms with Crippen LogP contribution >= 0.6 is 0 Å². The fraction of sp³-hybridized carbons (Fsp3) is 0.565. The van der Waals surface area contributed by atoms with Crippen molar-refractivity contribution < 1.29 is 19.1 Å². The summed E-state index contributed by atoms with van der Waals surface area (Å²) in [7, 11) is 0. The van der Waals surface area contributed by atoms with E-state index in [-0.39, 0.29) is 36.0 Å². The fourth-order valence-corrected chi connectivity index (χ4v) is 4.20. The largest absolute Gasteiger partial charge is 0.462 e. The number of allylic oxidation sites excluding steroid dienone is 1. The molecule has 1 heterocycles. The van der Waals surface area contributed by atoms with Crippen molar-refractivity contribution in [2.45, 2.75) is 64.6 Å². The van der Waals surface area contributed by atoms with Gasteiger partial charge in [0.2, 0.25) is 0 Å². The van der Waals surface area contributed by atoms with Crippen LogP contribution in [0.1, 0.15) is 62.7 Å². The number of fused-ring (bicyclic) bond motifs is 1. The second kappa shape index (κ2) is 9.20. The van der Waals surface area contributed by atoms with E-state index in [4.69, 9.17) is 9.47 Å². The quantitative estimate of drug-likeness (QED) is 0.370. The van der Waals surface area contributed by atoms with Crippen LogP contribution in [-0.2, 0) is 14.3 Å². The molecule has 4 heteroatoms. The summed E-state index contributed by atoms with van der Waals surface area (Å²) < 4.78 is 11.3. The van der Waals surface area contributed by atoms with Gasteiger partial charge in [-0.25, -0.2) is 4.79 Å². The molecule has 0 aromatic heterocycles. The van der Waals surface area contributed by atoms with Crippen molar-refractivity contribution in [3.63, 3.8) is 0 Å². The van der Waals surface area contributed by atoms with Gasteiger partial charge in [-0.15, -0.1) is 0 Å². The first-order chi connectivity index (χ1) is 13.1. The standard InChI is InChI=1S/C23H30O4/c1-3-4-6-9-16(2)12-13-18-19-14-22(24)26-21(19)15-20(18)27-23(25)17-10-7-5-8-11-17/h5,7-8,10-13,16,18-21H,3-4,6,9,14-15H2,1-2H3/b13-12+/t16?,18-,19-,20-,21+/m1/s1. The molecule has 0 spiro atoms. The summed E-state index contributed by atoms with van der Waals surface area (Å²) in [5.41, 5.74) is 0.558. The first-order valence-electron chi connectivity index (χ1n) is 10.2. The number of ether oxygens (including phenoxy) is 2. The van der Waals surface area contributed by atoms with Gasteiger partial charge in [-0.05, 0) is 24.5 Å². The molecule has 2 aliphatic rings. The van der Waals surface area contributed by atoms with Gasteiger partial charge in [0.1, 0.15) is 12.2 Å². The van der Waals surface area contributed by atoms with Gasteiger partial charge in [-0.2, -0.15) is 0 Å². The highest BCUT2D eigenvalue weighted by molar-refractivity contribution is 5.89. The first-order valence-corrected chi connectivity index (χ1v) is 10.2. The highest BCUT2D eigenvalue weighted by Gasteiger charge is 2.50. The molecule has 27 heavy (non-hydrogen) atoms. The third-order valence-electron chi connectivity index (χ3n) is 5.74. The Morgan fingerprint density at radius 2 is 2.07 bits per heavy atom. The second-order valence-corrected chi connectivity index (χ2v) is 7.88. The van der Waals surface area contributed by atoms with E-state index in [0.29, 0.717) is 24.3 Å². The predicted molar refractivity (Wildman–Crippen MR) is 104 cm³/mol. The van der Waals surface area contributed by atoms with E-state index in [9.17, 15) is 9.59 Å². The Bertz CT molecular complexity index is 666. The van der Waals surface area contributed by atoms with Gasteiger partial charge in [0.25, 0.3) is 0 Å². The third-order valence-corrected chi connectivity index (χ3v) is 5.74. The van der Waals surface area contributed by atoms with Crippen LogP contribution in [0.2, 0.25) is 0 Å². The van der Waals surface area contributed by atoms with Crippen molar-refractivity contribution in [3.05, 3.63) is 48.0 Å².